The molecular formula is C8H5ClN2O. The second kappa shape index (κ2) is 3.74. The lowest BCUT2D eigenvalue weighted by Crippen LogP contribution is -1.96. The minimum atomic E-state index is 0.356. The molecule has 0 aromatic heterocycles. The number of benzene rings is 1. The van der Waals surface area contributed by atoms with Crippen molar-refractivity contribution in [2.45, 2.75) is 0 Å². The Morgan fingerprint density at radius 2 is 2.33 bits per heavy atom. The van der Waals surface area contributed by atoms with E-state index in [2.05, 4.69) is 5.32 Å². The highest BCUT2D eigenvalue weighted by Gasteiger charge is 2.00. The maximum atomic E-state index is 10.1. The van der Waals surface area contributed by atoms with Crippen molar-refractivity contribution >= 4 is 23.7 Å². The van der Waals surface area contributed by atoms with Crippen LogP contribution in [0.4, 0.5) is 5.69 Å². The zero-order chi connectivity index (χ0) is 8.97. The second-order valence-corrected chi connectivity index (χ2v) is 2.50. The molecule has 0 atom stereocenters. The van der Waals surface area contributed by atoms with Crippen LogP contribution in [0.5, 0.6) is 0 Å². The molecule has 0 aliphatic rings. The third kappa shape index (κ3) is 1.74. The molecule has 12 heavy (non-hydrogen) atoms. The van der Waals surface area contributed by atoms with Gasteiger partial charge in [0, 0.05) is 5.02 Å². The Bertz CT molecular complexity index is 343. The Balaban J connectivity index is 3.12. The molecule has 1 aromatic carbocycles. The van der Waals surface area contributed by atoms with E-state index in [1.54, 1.807) is 12.1 Å². The molecule has 1 amide bonds. The summed E-state index contributed by atoms with van der Waals surface area (Å²) in [6, 6.07) is 6.59. The first-order valence-corrected chi connectivity index (χ1v) is 3.55. The van der Waals surface area contributed by atoms with Gasteiger partial charge in [0.1, 0.15) is 6.07 Å². The van der Waals surface area contributed by atoms with Crippen molar-refractivity contribution in [1.29, 1.82) is 5.26 Å². The first kappa shape index (κ1) is 8.57. The molecule has 0 aliphatic carbocycles. The predicted molar refractivity (Wildman–Crippen MR) is 45.9 cm³/mol. The van der Waals surface area contributed by atoms with E-state index in [1.807, 2.05) is 6.07 Å². The largest absolute Gasteiger partial charge is 0.328 e. The molecule has 0 saturated carbocycles. The van der Waals surface area contributed by atoms with Gasteiger partial charge < -0.3 is 5.32 Å². The van der Waals surface area contributed by atoms with Gasteiger partial charge in [-0.15, -0.1) is 0 Å². The van der Waals surface area contributed by atoms with Gasteiger partial charge >= 0.3 is 0 Å². The minimum Gasteiger partial charge on any atom is -0.328 e. The third-order valence-corrected chi connectivity index (χ3v) is 1.55. The predicted octanol–water partition coefficient (Wildman–Crippen LogP) is 1.78. The molecule has 1 N–H and O–H groups in total. The fourth-order valence-corrected chi connectivity index (χ4v) is 0.970. The van der Waals surface area contributed by atoms with Crippen molar-refractivity contribution in [2.24, 2.45) is 0 Å². The van der Waals surface area contributed by atoms with E-state index in [4.69, 9.17) is 16.9 Å². The first-order chi connectivity index (χ1) is 5.77. The van der Waals surface area contributed by atoms with Crippen molar-refractivity contribution in [2.75, 3.05) is 5.32 Å². The summed E-state index contributed by atoms with van der Waals surface area (Å²) in [5, 5.41) is 11.5. The summed E-state index contributed by atoms with van der Waals surface area (Å²) in [7, 11) is 0. The van der Waals surface area contributed by atoms with Crippen molar-refractivity contribution in [3.05, 3.63) is 28.8 Å². The SMILES string of the molecule is N#Cc1cc(Cl)ccc1NC=O. The summed E-state index contributed by atoms with van der Waals surface area (Å²) in [5.41, 5.74) is 0.825. The number of amides is 1. The highest BCUT2D eigenvalue weighted by Crippen LogP contribution is 2.18. The number of hydrogen-bond acceptors (Lipinski definition) is 2. The zero-order valence-corrected chi connectivity index (χ0v) is 6.80. The Labute approximate surface area is 74.6 Å². The molecule has 0 heterocycles. The number of anilines is 1. The summed E-state index contributed by atoms with van der Waals surface area (Å²) >= 11 is 5.63. The van der Waals surface area contributed by atoms with Crippen LogP contribution in [-0.2, 0) is 4.79 Å². The Morgan fingerprint density at radius 1 is 1.58 bits per heavy atom. The van der Waals surface area contributed by atoms with Gasteiger partial charge in [0.25, 0.3) is 0 Å². The summed E-state index contributed by atoms with van der Waals surface area (Å²) in [5.74, 6) is 0. The zero-order valence-electron chi connectivity index (χ0n) is 6.04. The van der Waals surface area contributed by atoms with Crippen LogP contribution < -0.4 is 5.32 Å². The average Bonchev–Trinajstić information content (AvgIpc) is 2.08. The van der Waals surface area contributed by atoms with Crippen LogP contribution in [0.15, 0.2) is 18.2 Å². The minimum absolute atomic E-state index is 0.356. The van der Waals surface area contributed by atoms with E-state index >= 15 is 0 Å². The molecule has 1 rings (SSSR count). The lowest BCUT2D eigenvalue weighted by molar-refractivity contribution is -0.105. The van der Waals surface area contributed by atoms with Gasteiger partial charge in [-0.05, 0) is 18.2 Å². The number of carbonyl (C=O) groups is 1. The van der Waals surface area contributed by atoms with Gasteiger partial charge in [0.2, 0.25) is 6.41 Å². The average molecular weight is 181 g/mol. The van der Waals surface area contributed by atoms with Crippen LogP contribution in [0.1, 0.15) is 5.56 Å². The Morgan fingerprint density at radius 3 is 2.92 bits per heavy atom. The number of nitriles is 1. The fraction of sp³-hybridized carbons (Fsp3) is 0. The van der Waals surface area contributed by atoms with Crippen LogP contribution in [0.2, 0.25) is 5.02 Å². The maximum Gasteiger partial charge on any atom is 0.211 e. The number of nitrogens with zero attached hydrogens (tertiary/aromatic N) is 1. The van der Waals surface area contributed by atoms with Crippen LogP contribution in [0, 0.1) is 11.3 Å². The number of rotatable bonds is 2. The highest BCUT2D eigenvalue weighted by atomic mass is 35.5. The van der Waals surface area contributed by atoms with Gasteiger partial charge in [0.15, 0.2) is 0 Å². The summed E-state index contributed by atoms with van der Waals surface area (Å²) in [6.45, 7) is 0. The van der Waals surface area contributed by atoms with Gasteiger partial charge in [-0.3, -0.25) is 4.79 Å². The lowest BCUT2D eigenvalue weighted by Gasteiger charge is -2.00. The first-order valence-electron chi connectivity index (χ1n) is 3.18. The molecular weight excluding hydrogens is 176 g/mol. The summed E-state index contributed by atoms with van der Waals surface area (Å²) in [6.07, 6.45) is 0.518. The molecule has 0 fully saturated rings. The molecule has 3 nitrogen and oxygen atoms in total. The van der Waals surface area contributed by atoms with Gasteiger partial charge in [-0.2, -0.15) is 5.26 Å². The van der Waals surface area contributed by atoms with Crippen molar-refractivity contribution in [3.8, 4) is 6.07 Å². The second-order valence-electron chi connectivity index (χ2n) is 2.06. The van der Waals surface area contributed by atoms with E-state index in [9.17, 15) is 4.79 Å². The van der Waals surface area contributed by atoms with Crippen LogP contribution >= 0.6 is 11.6 Å². The van der Waals surface area contributed by atoms with Crippen molar-refractivity contribution < 1.29 is 4.79 Å². The number of hydrogen-bond donors (Lipinski definition) is 1. The smallest absolute Gasteiger partial charge is 0.211 e. The van der Waals surface area contributed by atoms with E-state index in [-0.39, 0.29) is 0 Å². The molecule has 1 aromatic rings. The van der Waals surface area contributed by atoms with E-state index in [1.165, 1.54) is 6.07 Å². The van der Waals surface area contributed by atoms with Crippen LogP contribution in [0.25, 0.3) is 0 Å². The van der Waals surface area contributed by atoms with E-state index in [0.29, 0.717) is 22.7 Å². The molecule has 60 valence electrons. The molecule has 0 bridgehead atoms. The van der Waals surface area contributed by atoms with Crippen LogP contribution in [-0.4, -0.2) is 6.41 Å². The third-order valence-electron chi connectivity index (χ3n) is 1.32. The van der Waals surface area contributed by atoms with Gasteiger partial charge in [-0.1, -0.05) is 11.6 Å². The van der Waals surface area contributed by atoms with Crippen molar-refractivity contribution in [1.82, 2.24) is 0 Å². The number of halogens is 1. The van der Waals surface area contributed by atoms with E-state index < -0.39 is 0 Å². The Hall–Kier alpha value is -1.53. The quantitative estimate of drug-likeness (QED) is 0.706. The summed E-state index contributed by atoms with van der Waals surface area (Å²) < 4.78 is 0. The molecule has 4 heteroatoms. The maximum absolute atomic E-state index is 10.1. The fourth-order valence-electron chi connectivity index (χ4n) is 0.798. The molecule has 0 saturated heterocycles. The summed E-state index contributed by atoms with van der Waals surface area (Å²) in [4.78, 5) is 10.1. The molecule has 0 spiro atoms. The van der Waals surface area contributed by atoms with Gasteiger partial charge in [0.05, 0.1) is 11.3 Å². The number of nitrogens with one attached hydrogen (secondary N) is 1. The van der Waals surface area contributed by atoms with Crippen LogP contribution in [0.3, 0.4) is 0 Å². The number of carbonyl (C=O) groups excluding carboxylic acids is 1. The monoisotopic (exact) mass is 180 g/mol. The van der Waals surface area contributed by atoms with Gasteiger partial charge in [-0.25, -0.2) is 0 Å². The van der Waals surface area contributed by atoms with Crippen molar-refractivity contribution in [3.63, 3.8) is 0 Å². The molecule has 0 unspecified atom stereocenters. The lowest BCUT2D eigenvalue weighted by atomic mass is 10.2. The molecule has 0 radical (unpaired) electrons. The molecule has 0 aliphatic heterocycles. The standard InChI is InChI=1S/C8H5ClN2O/c9-7-1-2-8(11-5-12)6(3-7)4-10/h1-3,5H,(H,11,12). The Kier molecular flexibility index (Phi) is 2.67. The highest BCUT2D eigenvalue weighted by molar-refractivity contribution is 6.30. The normalized spacial score (nSPS) is 8.67. The topological polar surface area (TPSA) is 52.9 Å². The van der Waals surface area contributed by atoms with E-state index in [0.717, 1.165) is 0 Å².